The summed E-state index contributed by atoms with van der Waals surface area (Å²) in [5.74, 6) is -3.95. The molecule has 7 heteroatoms. The van der Waals surface area contributed by atoms with Crippen LogP contribution in [0.3, 0.4) is 0 Å². The van der Waals surface area contributed by atoms with E-state index in [0.717, 1.165) is 12.1 Å². The number of carbonyl (C=O) groups is 1. The van der Waals surface area contributed by atoms with Crippen LogP contribution in [-0.4, -0.2) is 30.8 Å². The predicted octanol–water partition coefficient (Wildman–Crippen LogP) is 4.69. The first kappa shape index (κ1) is 20.5. The van der Waals surface area contributed by atoms with E-state index < -0.39 is 35.6 Å². The minimum absolute atomic E-state index is 0.276. The summed E-state index contributed by atoms with van der Waals surface area (Å²) >= 11 is 0. The molecule has 0 saturated carbocycles. The van der Waals surface area contributed by atoms with E-state index in [-0.39, 0.29) is 5.56 Å². The van der Waals surface area contributed by atoms with Gasteiger partial charge in [0.05, 0.1) is 23.2 Å². The smallest absolute Gasteiger partial charge is 0.338 e. The summed E-state index contributed by atoms with van der Waals surface area (Å²) in [6, 6.07) is 4.45. The van der Waals surface area contributed by atoms with Gasteiger partial charge >= 0.3 is 5.97 Å². The zero-order valence-electron chi connectivity index (χ0n) is 15.6. The van der Waals surface area contributed by atoms with Crippen molar-refractivity contribution in [2.75, 3.05) is 13.6 Å². The molecule has 0 spiro atoms. The van der Waals surface area contributed by atoms with Crippen molar-refractivity contribution in [2.24, 2.45) is 4.99 Å². The second-order valence-electron chi connectivity index (χ2n) is 6.20. The second kappa shape index (κ2) is 8.70. The molecular weight excluding hydrogens is 357 g/mol. The van der Waals surface area contributed by atoms with Crippen LogP contribution in [0.2, 0.25) is 0 Å². The van der Waals surface area contributed by atoms with Crippen molar-refractivity contribution in [1.29, 1.82) is 0 Å². The van der Waals surface area contributed by atoms with Crippen molar-refractivity contribution in [2.45, 2.75) is 27.4 Å². The molecular formula is C20H21F3N2O2. The summed E-state index contributed by atoms with van der Waals surface area (Å²) in [6.07, 6.45) is 1.69. The lowest BCUT2D eigenvalue weighted by Gasteiger charge is -2.12. The molecule has 0 bridgehead atoms. The van der Waals surface area contributed by atoms with Crippen LogP contribution in [0.15, 0.2) is 29.3 Å². The van der Waals surface area contributed by atoms with Gasteiger partial charge in [-0.2, -0.15) is 0 Å². The fourth-order valence-electron chi connectivity index (χ4n) is 2.33. The van der Waals surface area contributed by atoms with Crippen molar-refractivity contribution >= 4 is 18.0 Å². The van der Waals surface area contributed by atoms with Crippen LogP contribution in [0.5, 0.6) is 0 Å². The minimum Gasteiger partial charge on any atom is -0.457 e. The van der Waals surface area contributed by atoms with Gasteiger partial charge in [0.15, 0.2) is 0 Å². The molecule has 0 aliphatic carbocycles. The topological polar surface area (TPSA) is 41.9 Å². The summed E-state index contributed by atoms with van der Waals surface area (Å²) in [4.78, 5) is 18.6. The van der Waals surface area contributed by atoms with Crippen LogP contribution in [-0.2, 0) is 11.3 Å². The Bertz CT molecular complexity index is 859. The van der Waals surface area contributed by atoms with E-state index in [9.17, 15) is 18.0 Å². The lowest BCUT2D eigenvalue weighted by atomic mass is 10.0. The molecule has 0 aromatic heterocycles. The highest BCUT2D eigenvalue weighted by molar-refractivity contribution is 5.92. The third-order valence-corrected chi connectivity index (χ3v) is 4.11. The Balaban J connectivity index is 2.17. The Morgan fingerprint density at radius 2 is 1.74 bits per heavy atom. The van der Waals surface area contributed by atoms with E-state index in [2.05, 4.69) is 4.99 Å². The van der Waals surface area contributed by atoms with Crippen LogP contribution in [0.4, 0.5) is 18.9 Å². The number of benzene rings is 2. The number of rotatable bonds is 6. The highest BCUT2D eigenvalue weighted by Crippen LogP contribution is 2.24. The van der Waals surface area contributed by atoms with Crippen molar-refractivity contribution < 1.29 is 22.7 Å². The predicted molar refractivity (Wildman–Crippen MR) is 97.8 cm³/mol. The highest BCUT2D eigenvalue weighted by Gasteiger charge is 2.17. The fraction of sp³-hybridized carbons (Fsp3) is 0.300. The Morgan fingerprint density at radius 1 is 1.11 bits per heavy atom. The molecule has 0 aliphatic heterocycles. The van der Waals surface area contributed by atoms with Crippen LogP contribution < -0.4 is 0 Å². The third-order valence-electron chi connectivity index (χ3n) is 4.11. The van der Waals surface area contributed by atoms with Crippen LogP contribution in [0.25, 0.3) is 0 Å². The number of aryl methyl sites for hydroxylation is 2. The summed E-state index contributed by atoms with van der Waals surface area (Å²) in [7, 11) is 1.89. The zero-order chi connectivity index (χ0) is 20.1. The number of nitrogens with zero attached hydrogens (tertiary/aromatic N) is 2. The molecule has 0 radical (unpaired) electrons. The lowest BCUT2D eigenvalue weighted by molar-refractivity contribution is 0.0464. The van der Waals surface area contributed by atoms with Crippen molar-refractivity contribution in [1.82, 2.24) is 4.90 Å². The number of hydrogen-bond donors (Lipinski definition) is 0. The van der Waals surface area contributed by atoms with Gasteiger partial charge in [-0.05, 0) is 44.0 Å². The Labute approximate surface area is 156 Å². The van der Waals surface area contributed by atoms with Gasteiger partial charge in [0.1, 0.15) is 24.1 Å². The standard InChI is InChI=1S/C20H21F3N2O2/c1-5-25(4)11-24-19-7-12(2)15(6-13(19)3)20(26)27-10-16-17(22)8-14(21)9-18(16)23/h6-9,11H,5,10H2,1-4H3. The average molecular weight is 378 g/mol. The SMILES string of the molecule is CCN(C)C=Nc1cc(C)c(C(=O)OCc2c(F)cc(F)cc2F)cc1C. The monoisotopic (exact) mass is 378 g/mol. The van der Waals surface area contributed by atoms with Crippen LogP contribution in [0.1, 0.15) is 34.0 Å². The van der Waals surface area contributed by atoms with Crippen molar-refractivity contribution in [3.05, 3.63) is 64.0 Å². The van der Waals surface area contributed by atoms with Gasteiger partial charge in [0.25, 0.3) is 0 Å². The first-order chi connectivity index (χ1) is 12.7. The zero-order valence-corrected chi connectivity index (χ0v) is 15.6. The summed E-state index contributed by atoms with van der Waals surface area (Å²) < 4.78 is 45.3. The number of halogens is 3. The lowest BCUT2D eigenvalue weighted by Crippen LogP contribution is -2.14. The number of esters is 1. The van der Waals surface area contributed by atoms with E-state index in [1.165, 1.54) is 0 Å². The van der Waals surface area contributed by atoms with E-state index in [1.54, 1.807) is 32.3 Å². The Kier molecular flexibility index (Phi) is 6.60. The van der Waals surface area contributed by atoms with E-state index in [0.29, 0.717) is 23.4 Å². The highest BCUT2D eigenvalue weighted by atomic mass is 19.1. The number of carbonyl (C=O) groups excluding carboxylic acids is 1. The molecule has 144 valence electrons. The molecule has 27 heavy (non-hydrogen) atoms. The molecule has 0 aliphatic rings. The van der Waals surface area contributed by atoms with Gasteiger partial charge in [-0.25, -0.2) is 23.0 Å². The Hall–Kier alpha value is -2.83. The fourth-order valence-corrected chi connectivity index (χ4v) is 2.33. The average Bonchev–Trinajstić information content (AvgIpc) is 2.60. The normalized spacial score (nSPS) is 11.1. The van der Waals surface area contributed by atoms with Gasteiger partial charge in [-0.1, -0.05) is 0 Å². The molecule has 2 rings (SSSR count). The summed E-state index contributed by atoms with van der Waals surface area (Å²) in [5.41, 5.74) is 1.87. The minimum atomic E-state index is -1.10. The molecule has 0 unspecified atom stereocenters. The van der Waals surface area contributed by atoms with Gasteiger partial charge in [-0.15, -0.1) is 0 Å². The van der Waals surface area contributed by atoms with Gasteiger partial charge < -0.3 is 9.64 Å². The van der Waals surface area contributed by atoms with Gasteiger partial charge in [0, 0.05) is 25.7 Å². The van der Waals surface area contributed by atoms with E-state index in [1.807, 2.05) is 18.9 Å². The van der Waals surface area contributed by atoms with Crippen LogP contribution >= 0.6 is 0 Å². The van der Waals surface area contributed by atoms with Crippen molar-refractivity contribution in [3.8, 4) is 0 Å². The molecule has 2 aromatic rings. The molecule has 0 amide bonds. The van der Waals surface area contributed by atoms with Crippen molar-refractivity contribution in [3.63, 3.8) is 0 Å². The number of aliphatic imine (C=N–C) groups is 1. The quantitative estimate of drug-likeness (QED) is 0.416. The largest absolute Gasteiger partial charge is 0.457 e. The first-order valence-corrected chi connectivity index (χ1v) is 8.39. The molecule has 2 aromatic carbocycles. The first-order valence-electron chi connectivity index (χ1n) is 8.39. The molecule has 0 N–H and O–H groups in total. The Morgan fingerprint density at radius 3 is 2.33 bits per heavy atom. The summed E-state index contributed by atoms with van der Waals surface area (Å²) in [6.45, 7) is 5.70. The van der Waals surface area contributed by atoms with Gasteiger partial charge in [-0.3, -0.25) is 0 Å². The molecule has 0 heterocycles. The maximum Gasteiger partial charge on any atom is 0.338 e. The number of hydrogen-bond acceptors (Lipinski definition) is 3. The molecule has 0 atom stereocenters. The molecule has 0 fully saturated rings. The molecule has 4 nitrogen and oxygen atoms in total. The van der Waals surface area contributed by atoms with Gasteiger partial charge in [0.2, 0.25) is 0 Å². The van der Waals surface area contributed by atoms with E-state index in [4.69, 9.17) is 4.74 Å². The summed E-state index contributed by atoms with van der Waals surface area (Å²) in [5, 5.41) is 0. The maximum atomic E-state index is 13.6. The second-order valence-corrected chi connectivity index (χ2v) is 6.20. The third kappa shape index (κ3) is 5.09. The molecule has 0 saturated heterocycles. The van der Waals surface area contributed by atoms with E-state index >= 15 is 0 Å². The maximum absolute atomic E-state index is 13.6. The van der Waals surface area contributed by atoms with Crippen LogP contribution in [0, 0.1) is 31.3 Å². The number of ether oxygens (including phenoxy) is 1.